The predicted molar refractivity (Wildman–Crippen MR) is 173 cm³/mol. The second-order valence-corrected chi connectivity index (χ2v) is 12.4. The molecule has 0 aliphatic heterocycles. The van der Waals surface area contributed by atoms with Gasteiger partial charge in [0, 0.05) is 12.2 Å². The minimum Gasteiger partial charge on any atom is -0.497 e. The van der Waals surface area contributed by atoms with E-state index in [1.165, 1.54) is 61.9 Å². The number of nitrogens with zero attached hydrogens (tertiary/aromatic N) is 2. The molecule has 3 amide bonds. The second-order valence-electron chi connectivity index (χ2n) is 9.61. The van der Waals surface area contributed by atoms with E-state index in [0.717, 1.165) is 9.87 Å². The van der Waals surface area contributed by atoms with E-state index in [1.807, 2.05) is 30.3 Å². The largest absolute Gasteiger partial charge is 0.497 e. The summed E-state index contributed by atoms with van der Waals surface area (Å²) in [6.07, 6.45) is 1.60. The van der Waals surface area contributed by atoms with E-state index < -0.39 is 34.3 Å². The predicted octanol–water partition coefficient (Wildman–Crippen LogP) is 4.23. The van der Waals surface area contributed by atoms with Crippen molar-refractivity contribution in [1.82, 2.24) is 15.0 Å². The molecule has 3 aromatic carbocycles. The van der Waals surface area contributed by atoms with Crippen molar-refractivity contribution >= 4 is 62.8 Å². The molecule has 0 unspecified atom stereocenters. The van der Waals surface area contributed by atoms with Crippen LogP contribution in [0.5, 0.6) is 5.75 Å². The Bertz CT molecular complexity index is 1810. The zero-order valence-corrected chi connectivity index (χ0v) is 26.7. The maximum atomic E-state index is 13.4. The van der Waals surface area contributed by atoms with Crippen LogP contribution in [0.4, 0.5) is 5.69 Å². The average molecular weight is 687 g/mol. The summed E-state index contributed by atoms with van der Waals surface area (Å²) in [6.45, 7) is -0.542. The molecule has 0 radical (unpaired) electrons. The number of hydrogen-bond donors (Lipinski definition) is 3. The molecule has 15 heteroatoms. The molecule has 1 heterocycles. The molecule has 1 aromatic heterocycles. The standard InChI is InChI=1S/C31H29Cl2N5O7S/c1-44-23-10-12-26(13-11-23)46(42,43)38(16-15-21-5-3-2-4-6-21)20-29(39)37-35-19-25-9-8-24(45-25)18-34-30(40)31(41)36-22-7-14-27(32)28(33)17-22/h2-14,17,19H,15-16,18,20H2,1H3,(H,34,40)(H,36,41)(H,37,39)/b35-19-. The molecule has 12 nitrogen and oxygen atoms in total. The van der Waals surface area contributed by atoms with Gasteiger partial charge in [0.1, 0.15) is 17.3 Å². The molecule has 240 valence electrons. The van der Waals surface area contributed by atoms with Gasteiger partial charge in [-0.3, -0.25) is 14.4 Å². The number of ether oxygens (including phenoxy) is 1. The van der Waals surface area contributed by atoms with Crippen molar-refractivity contribution in [2.24, 2.45) is 5.10 Å². The van der Waals surface area contributed by atoms with Crippen molar-refractivity contribution in [3.63, 3.8) is 0 Å². The normalized spacial score (nSPS) is 11.4. The van der Waals surface area contributed by atoms with Gasteiger partial charge in [0.2, 0.25) is 10.0 Å². The van der Waals surface area contributed by atoms with Gasteiger partial charge in [-0.15, -0.1) is 0 Å². The van der Waals surface area contributed by atoms with Gasteiger partial charge >= 0.3 is 11.8 Å². The Kier molecular flexibility index (Phi) is 11.9. The summed E-state index contributed by atoms with van der Waals surface area (Å²) in [5, 5.41) is 9.22. The molecular formula is C31H29Cl2N5O7S. The van der Waals surface area contributed by atoms with Gasteiger partial charge in [-0.1, -0.05) is 53.5 Å². The van der Waals surface area contributed by atoms with Crippen molar-refractivity contribution in [2.75, 3.05) is 25.5 Å². The summed E-state index contributed by atoms with van der Waals surface area (Å²) < 4.78 is 38.6. The van der Waals surface area contributed by atoms with E-state index in [-0.39, 0.29) is 28.8 Å². The number of hydrogen-bond acceptors (Lipinski definition) is 8. The summed E-state index contributed by atoms with van der Waals surface area (Å²) in [4.78, 5) is 37.1. The van der Waals surface area contributed by atoms with Crippen LogP contribution in [0.3, 0.4) is 0 Å². The number of nitrogens with one attached hydrogen (secondary N) is 3. The van der Waals surface area contributed by atoms with Crippen molar-refractivity contribution in [3.05, 3.63) is 112 Å². The SMILES string of the molecule is COc1ccc(S(=O)(=O)N(CCc2ccccc2)CC(=O)N/N=C\c2ccc(CNC(=O)C(=O)Nc3ccc(Cl)c(Cl)c3)o2)cc1. The van der Waals surface area contributed by atoms with Gasteiger partial charge in [-0.2, -0.15) is 9.41 Å². The molecule has 0 bridgehead atoms. The third-order valence-electron chi connectivity index (χ3n) is 6.38. The van der Waals surface area contributed by atoms with Crippen LogP contribution in [-0.4, -0.2) is 56.9 Å². The summed E-state index contributed by atoms with van der Waals surface area (Å²) in [5.41, 5.74) is 3.52. The lowest BCUT2D eigenvalue weighted by Crippen LogP contribution is -2.40. The number of benzene rings is 3. The average Bonchev–Trinajstić information content (AvgIpc) is 3.51. The van der Waals surface area contributed by atoms with Crippen LogP contribution in [0, 0.1) is 0 Å². The minimum atomic E-state index is -4.03. The number of carbonyl (C=O) groups excluding carboxylic acids is 3. The Morgan fingerprint density at radius 1 is 0.935 bits per heavy atom. The number of amides is 3. The number of furan rings is 1. The molecule has 46 heavy (non-hydrogen) atoms. The number of sulfonamides is 1. The van der Waals surface area contributed by atoms with Gasteiger partial charge in [0.05, 0.1) is 41.4 Å². The fourth-order valence-electron chi connectivity index (χ4n) is 4.01. The molecule has 0 fully saturated rings. The first kappa shape index (κ1) is 34.2. The molecule has 4 rings (SSSR count). The fourth-order valence-corrected chi connectivity index (χ4v) is 5.71. The van der Waals surface area contributed by atoms with Crippen molar-refractivity contribution in [1.29, 1.82) is 0 Å². The Balaban J connectivity index is 1.31. The van der Waals surface area contributed by atoms with Crippen LogP contribution in [0.1, 0.15) is 17.1 Å². The quantitative estimate of drug-likeness (QED) is 0.108. The maximum absolute atomic E-state index is 13.4. The minimum absolute atomic E-state index is 0.0136. The molecule has 0 atom stereocenters. The molecule has 0 saturated heterocycles. The number of methoxy groups -OCH3 is 1. The van der Waals surface area contributed by atoms with Crippen LogP contribution < -0.4 is 20.8 Å². The summed E-state index contributed by atoms with van der Waals surface area (Å²) >= 11 is 11.8. The van der Waals surface area contributed by atoms with E-state index in [9.17, 15) is 22.8 Å². The number of carbonyl (C=O) groups is 3. The van der Waals surface area contributed by atoms with Gasteiger partial charge in [-0.05, 0) is 66.6 Å². The van der Waals surface area contributed by atoms with Crippen molar-refractivity contribution in [2.45, 2.75) is 17.9 Å². The molecular weight excluding hydrogens is 657 g/mol. The molecule has 3 N–H and O–H groups in total. The van der Waals surface area contributed by atoms with Gasteiger partial charge in [-0.25, -0.2) is 13.8 Å². The lowest BCUT2D eigenvalue weighted by Gasteiger charge is -2.21. The lowest BCUT2D eigenvalue weighted by atomic mass is 10.1. The first-order valence-corrected chi connectivity index (χ1v) is 15.9. The van der Waals surface area contributed by atoms with E-state index in [1.54, 1.807) is 6.07 Å². The van der Waals surface area contributed by atoms with E-state index in [0.29, 0.717) is 28.6 Å². The monoisotopic (exact) mass is 685 g/mol. The molecule has 0 saturated carbocycles. The first-order chi connectivity index (χ1) is 22.0. The molecule has 0 aliphatic rings. The van der Waals surface area contributed by atoms with Crippen LogP contribution in [0.15, 0.2) is 99.3 Å². The number of rotatable bonds is 13. The number of anilines is 1. The number of halogens is 2. The molecule has 4 aromatic rings. The highest BCUT2D eigenvalue weighted by Crippen LogP contribution is 2.25. The highest BCUT2D eigenvalue weighted by molar-refractivity contribution is 7.89. The third kappa shape index (κ3) is 9.65. The lowest BCUT2D eigenvalue weighted by molar-refractivity contribution is -0.136. The van der Waals surface area contributed by atoms with Crippen LogP contribution >= 0.6 is 23.2 Å². The highest BCUT2D eigenvalue weighted by Gasteiger charge is 2.26. The Hall–Kier alpha value is -4.69. The van der Waals surface area contributed by atoms with E-state index in [4.69, 9.17) is 32.4 Å². The zero-order chi connectivity index (χ0) is 33.1. The summed E-state index contributed by atoms with van der Waals surface area (Å²) in [5.74, 6) is -1.46. The first-order valence-electron chi connectivity index (χ1n) is 13.7. The van der Waals surface area contributed by atoms with Crippen molar-refractivity contribution < 1.29 is 32.0 Å². The highest BCUT2D eigenvalue weighted by atomic mass is 35.5. The zero-order valence-electron chi connectivity index (χ0n) is 24.4. The van der Waals surface area contributed by atoms with Gasteiger partial charge in [0.25, 0.3) is 5.91 Å². The van der Waals surface area contributed by atoms with Crippen LogP contribution in [0.25, 0.3) is 0 Å². The van der Waals surface area contributed by atoms with Crippen molar-refractivity contribution in [3.8, 4) is 5.75 Å². The van der Waals surface area contributed by atoms with Crippen LogP contribution in [-0.2, 0) is 37.4 Å². The van der Waals surface area contributed by atoms with Gasteiger partial charge < -0.3 is 19.8 Å². The molecule has 0 aliphatic carbocycles. The molecule has 0 spiro atoms. The van der Waals surface area contributed by atoms with Crippen LogP contribution in [0.2, 0.25) is 10.0 Å². The Labute approximate surface area is 275 Å². The second kappa shape index (κ2) is 16.0. The summed E-state index contributed by atoms with van der Waals surface area (Å²) in [6, 6.07) is 22.7. The summed E-state index contributed by atoms with van der Waals surface area (Å²) in [7, 11) is -2.56. The van der Waals surface area contributed by atoms with E-state index in [2.05, 4.69) is 21.2 Å². The van der Waals surface area contributed by atoms with E-state index >= 15 is 0 Å². The third-order valence-corrected chi connectivity index (χ3v) is 8.98. The smallest absolute Gasteiger partial charge is 0.313 e. The maximum Gasteiger partial charge on any atom is 0.313 e. The Morgan fingerprint density at radius 2 is 1.67 bits per heavy atom. The fraction of sp³-hybridized carbons (Fsp3) is 0.161. The topological polar surface area (TPSA) is 159 Å². The number of hydrazone groups is 1. The van der Waals surface area contributed by atoms with Gasteiger partial charge in [0.15, 0.2) is 0 Å². The Morgan fingerprint density at radius 3 is 2.37 bits per heavy atom.